The molecule has 0 aliphatic rings. The molecule has 2 aromatic carbocycles. The summed E-state index contributed by atoms with van der Waals surface area (Å²) in [5.74, 6) is -0.203. The number of aromatic nitrogens is 1. The van der Waals surface area contributed by atoms with Gasteiger partial charge in [-0.3, -0.25) is 9.78 Å². The van der Waals surface area contributed by atoms with E-state index in [9.17, 15) is 9.90 Å². The summed E-state index contributed by atoms with van der Waals surface area (Å²) in [5, 5.41) is 12.7. The van der Waals surface area contributed by atoms with Crippen LogP contribution in [0.3, 0.4) is 0 Å². The minimum absolute atomic E-state index is 0.148. The number of pyridine rings is 1. The number of benzene rings is 2. The van der Waals surface area contributed by atoms with Gasteiger partial charge in [-0.05, 0) is 60.4 Å². The maximum absolute atomic E-state index is 12.6. The molecule has 3 aromatic rings. The Morgan fingerprint density at radius 3 is 2.27 bits per heavy atom. The van der Waals surface area contributed by atoms with Crippen LogP contribution in [0.5, 0.6) is 0 Å². The van der Waals surface area contributed by atoms with Crippen LogP contribution >= 0.6 is 0 Å². The minimum Gasteiger partial charge on any atom is -0.394 e. The van der Waals surface area contributed by atoms with Crippen LogP contribution in [0.1, 0.15) is 33.1 Å². The second kappa shape index (κ2) is 7.93. The van der Waals surface area contributed by atoms with Crippen LogP contribution in [0.2, 0.25) is 0 Å². The number of carbonyl (C=O) groups is 1. The fourth-order valence-corrected chi connectivity index (χ4v) is 3.04. The standard InChI is InChI=1S/C22H22N2O2/c1-15-3-8-20(16(2)13-15)21(14-25)24-22(26)19-6-4-17(5-7-19)18-9-11-23-12-10-18/h3-13,21,25H,14H2,1-2H3,(H,24,26). The summed E-state index contributed by atoms with van der Waals surface area (Å²) in [6, 6.07) is 16.8. The molecule has 1 aromatic heterocycles. The molecule has 1 amide bonds. The van der Waals surface area contributed by atoms with Crippen molar-refractivity contribution in [2.24, 2.45) is 0 Å². The predicted octanol–water partition coefficient (Wildman–Crippen LogP) is 3.83. The number of rotatable bonds is 5. The highest BCUT2D eigenvalue weighted by Crippen LogP contribution is 2.21. The lowest BCUT2D eigenvalue weighted by atomic mass is 9.99. The van der Waals surface area contributed by atoms with E-state index in [-0.39, 0.29) is 12.5 Å². The lowest BCUT2D eigenvalue weighted by Crippen LogP contribution is -2.31. The highest BCUT2D eigenvalue weighted by Gasteiger charge is 2.17. The Hall–Kier alpha value is -2.98. The van der Waals surface area contributed by atoms with Gasteiger partial charge in [-0.1, -0.05) is 35.9 Å². The van der Waals surface area contributed by atoms with E-state index in [0.29, 0.717) is 5.56 Å². The summed E-state index contributed by atoms with van der Waals surface area (Å²) in [6.07, 6.45) is 3.48. The Bertz CT molecular complexity index is 890. The molecular weight excluding hydrogens is 324 g/mol. The Kier molecular flexibility index (Phi) is 5.44. The molecule has 3 rings (SSSR count). The van der Waals surface area contributed by atoms with Crippen molar-refractivity contribution in [3.8, 4) is 11.1 Å². The maximum atomic E-state index is 12.6. The van der Waals surface area contributed by atoms with Gasteiger partial charge in [0.05, 0.1) is 12.6 Å². The summed E-state index contributed by atoms with van der Waals surface area (Å²) >= 11 is 0. The van der Waals surface area contributed by atoms with E-state index >= 15 is 0 Å². The van der Waals surface area contributed by atoms with Crippen molar-refractivity contribution in [2.45, 2.75) is 19.9 Å². The van der Waals surface area contributed by atoms with Crippen LogP contribution in [0.15, 0.2) is 67.0 Å². The second-order valence-corrected chi connectivity index (χ2v) is 6.38. The van der Waals surface area contributed by atoms with E-state index in [1.165, 1.54) is 0 Å². The number of aliphatic hydroxyl groups excluding tert-OH is 1. The van der Waals surface area contributed by atoms with Crippen molar-refractivity contribution in [1.82, 2.24) is 10.3 Å². The van der Waals surface area contributed by atoms with E-state index < -0.39 is 6.04 Å². The molecule has 0 saturated carbocycles. The monoisotopic (exact) mass is 346 g/mol. The molecule has 1 atom stereocenters. The summed E-state index contributed by atoms with van der Waals surface area (Å²) in [5.41, 5.74) is 5.77. The molecule has 0 bridgehead atoms. The first kappa shape index (κ1) is 17.8. The largest absolute Gasteiger partial charge is 0.394 e. The molecule has 0 aliphatic heterocycles. The number of amides is 1. The first-order valence-electron chi connectivity index (χ1n) is 8.58. The molecule has 0 radical (unpaired) electrons. The van der Waals surface area contributed by atoms with Crippen molar-refractivity contribution < 1.29 is 9.90 Å². The first-order chi connectivity index (χ1) is 12.6. The Morgan fingerprint density at radius 2 is 1.65 bits per heavy atom. The third-order valence-corrected chi connectivity index (χ3v) is 4.45. The van der Waals surface area contributed by atoms with E-state index in [1.54, 1.807) is 24.5 Å². The molecule has 2 N–H and O–H groups in total. The van der Waals surface area contributed by atoms with Crippen molar-refractivity contribution >= 4 is 5.91 Å². The molecule has 0 spiro atoms. The average Bonchev–Trinajstić information content (AvgIpc) is 2.67. The summed E-state index contributed by atoms with van der Waals surface area (Å²) < 4.78 is 0. The Labute approximate surface area is 153 Å². The molecule has 132 valence electrons. The zero-order valence-corrected chi connectivity index (χ0v) is 14.9. The van der Waals surface area contributed by atoms with E-state index in [4.69, 9.17) is 0 Å². The van der Waals surface area contributed by atoms with E-state index in [2.05, 4.69) is 10.3 Å². The van der Waals surface area contributed by atoms with Gasteiger partial charge >= 0.3 is 0 Å². The van der Waals surface area contributed by atoms with Crippen molar-refractivity contribution in [2.75, 3.05) is 6.61 Å². The van der Waals surface area contributed by atoms with E-state index in [1.807, 2.05) is 56.3 Å². The summed E-state index contributed by atoms with van der Waals surface area (Å²) in [6.45, 7) is 3.86. The van der Waals surface area contributed by atoms with Gasteiger partial charge in [0.15, 0.2) is 0 Å². The number of nitrogens with one attached hydrogen (secondary N) is 1. The lowest BCUT2D eigenvalue weighted by molar-refractivity contribution is 0.0916. The van der Waals surface area contributed by atoms with Gasteiger partial charge in [0.25, 0.3) is 5.91 Å². The average molecular weight is 346 g/mol. The Balaban J connectivity index is 1.76. The normalized spacial score (nSPS) is 11.8. The third kappa shape index (κ3) is 3.98. The highest BCUT2D eigenvalue weighted by atomic mass is 16.3. The SMILES string of the molecule is Cc1ccc(C(CO)NC(=O)c2ccc(-c3ccncc3)cc2)c(C)c1. The number of aliphatic hydroxyl groups is 1. The molecule has 26 heavy (non-hydrogen) atoms. The van der Waals surface area contributed by atoms with Gasteiger partial charge < -0.3 is 10.4 Å². The Morgan fingerprint density at radius 1 is 1.00 bits per heavy atom. The first-order valence-corrected chi connectivity index (χ1v) is 8.58. The van der Waals surface area contributed by atoms with E-state index in [0.717, 1.165) is 27.8 Å². The number of hydrogen-bond donors (Lipinski definition) is 2. The van der Waals surface area contributed by atoms with Gasteiger partial charge in [0, 0.05) is 18.0 Å². The number of nitrogens with zero attached hydrogens (tertiary/aromatic N) is 1. The van der Waals surface area contributed by atoms with Crippen molar-refractivity contribution in [3.05, 3.63) is 89.2 Å². The second-order valence-electron chi connectivity index (χ2n) is 6.38. The molecule has 1 unspecified atom stereocenters. The van der Waals surface area contributed by atoms with Gasteiger partial charge in [0.2, 0.25) is 0 Å². The highest BCUT2D eigenvalue weighted by molar-refractivity contribution is 5.95. The van der Waals surface area contributed by atoms with Gasteiger partial charge in [0.1, 0.15) is 0 Å². The smallest absolute Gasteiger partial charge is 0.251 e. The summed E-state index contributed by atoms with van der Waals surface area (Å²) in [7, 11) is 0. The molecule has 4 heteroatoms. The maximum Gasteiger partial charge on any atom is 0.251 e. The minimum atomic E-state index is -0.428. The van der Waals surface area contributed by atoms with Crippen LogP contribution in [0, 0.1) is 13.8 Å². The zero-order valence-electron chi connectivity index (χ0n) is 14.9. The molecule has 0 saturated heterocycles. The summed E-state index contributed by atoms with van der Waals surface area (Å²) in [4.78, 5) is 16.6. The lowest BCUT2D eigenvalue weighted by Gasteiger charge is -2.19. The fourth-order valence-electron chi connectivity index (χ4n) is 3.04. The third-order valence-electron chi connectivity index (χ3n) is 4.45. The fraction of sp³-hybridized carbons (Fsp3) is 0.182. The van der Waals surface area contributed by atoms with Crippen LogP contribution in [-0.4, -0.2) is 22.6 Å². The van der Waals surface area contributed by atoms with Crippen molar-refractivity contribution in [3.63, 3.8) is 0 Å². The molecule has 0 fully saturated rings. The molecule has 1 heterocycles. The van der Waals surface area contributed by atoms with Gasteiger partial charge in [-0.25, -0.2) is 0 Å². The number of aryl methyl sites for hydroxylation is 2. The van der Waals surface area contributed by atoms with Crippen LogP contribution < -0.4 is 5.32 Å². The predicted molar refractivity (Wildman–Crippen MR) is 103 cm³/mol. The van der Waals surface area contributed by atoms with Crippen LogP contribution in [-0.2, 0) is 0 Å². The number of carbonyl (C=O) groups excluding carboxylic acids is 1. The van der Waals surface area contributed by atoms with Crippen LogP contribution in [0.4, 0.5) is 0 Å². The molecule has 0 aliphatic carbocycles. The zero-order chi connectivity index (χ0) is 18.5. The number of hydrogen-bond acceptors (Lipinski definition) is 3. The van der Waals surface area contributed by atoms with Crippen LogP contribution in [0.25, 0.3) is 11.1 Å². The van der Waals surface area contributed by atoms with Crippen molar-refractivity contribution in [1.29, 1.82) is 0 Å². The topological polar surface area (TPSA) is 62.2 Å². The molecule has 4 nitrogen and oxygen atoms in total. The van der Waals surface area contributed by atoms with Gasteiger partial charge in [-0.15, -0.1) is 0 Å². The molecular formula is C22H22N2O2. The quantitative estimate of drug-likeness (QED) is 0.738. The van der Waals surface area contributed by atoms with Gasteiger partial charge in [-0.2, -0.15) is 0 Å².